The van der Waals surface area contributed by atoms with Crippen LogP contribution in [0.1, 0.15) is 65.4 Å². The fourth-order valence-corrected chi connectivity index (χ4v) is 6.56. The zero-order chi connectivity index (χ0) is 24.4. The summed E-state index contributed by atoms with van der Waals surface area (Å²) in [7, 11) is 0. The van der Waals surface area contributed by atoms with E-state index in [1.807, 2.05) is 24.3 Å². The van der Waals surface area contributed by atoms with Crippen LogP contribution in [-0.4, -0.2) is 16.8 Å². The highest BCUT2D eigenvalue weighted by Crippen LogP contribution is 2.34. The van der Waals surface area contributed by atoms with Crippen LogP contribution in [0.25, 0.3) is 21.2 Å². The van der Waals surface area contributed by atoms with E-state index in [1.54, 1.807) is 11.3 Å². The van der Waals surface area contributed by atoms with Gasteiger partial charge in [0.25, 0.3) is 5.91 Å². The normalized spacial score (nSPS) is 14.4. The third-order valence-corrected chi connectivity index (χ3v) is 8.68. The number of carbonyl (C=O) groups is 1. The Morgan fingerprint density at radius 2 is 1.66 bits per heavy atom. The van der Waals surface area contributed by atoms with Crippen molar-refractivity contribution in [2.24, 2.45) is 0 Å². The molecule has 5 rings (SSSR count). The monoisotopic (exact) mass is 485 g/mol. The zero-order valence-electron chi connectivity index (χ0n) is 20.5. The molecule has 0 radical (unpaired) electrons. The summed E-state index contributed by atoms with van der Waals surface area (Å²) in [5.41, 5.74) is 5.59. The van der Waals surface area contributed by atoms with Crippen LogP contribution in [0.2, 0.25) is 0 Å². The topological polar surface area (TPSA) is 20.3 Å². The number of hydrogen-bond donors (Lipinski definition) is 0. The molecule has 2 nitrogen and oxygen atoms in total. The first-order chi connectivity index (χ1) is 17.0. The summed E-state index contributed by atoms with van der Waals surface area (Å²) in [5, 5.41) is 1.18. The second-order valence-corrected chi connectivity index (χ2v) is 10.7. The van der Waals surface area contributed by atoms with E-state index >= 15 is 0 Å². The lowest BCUT2D eigenvalue weighted by atomic mass is 9.92. The molecule has 4 aromatic rings. The summed E-state index contributed by atoms with van der Waals surface area (Å²) in [5.74, 6) is -0.0724. The molecule has 1 aliphatic rings. The maximum atomic E-state index is 14.1. The third-order valence-electron chi connectivity index (χ3n) is 7.42. The summed E-state index contributed by atoms with van der Waals surface area (Å²) in [4.78, 5) is 17.1. The van der Waals surface area contributed by atoms with Crippen LogP contribution in [0.5, 0.6) is 0 Å². The molecule has 1 heterocycles. The molecule has 1 aromatic heterocycles. The van der Waals surface area contributed by atoms with Crippen molar-refractivity contribution in [1.82, 2.24) is 4.90 Å². The van der Waals surface area contributed by atoms with E-state index in [2.05, 4.69) is 49.1 Å². The highest BCUT2D eigenvalue weighted by Gasteiger charge is 2.29. The van der Waals surface area contributed by atoms with Gasteiger partial charge in [-0.05, 0) is 83.7 Å². The molecule has 1 fully saturated rings. The van der Waals surface area contributed by atoms with Crippen LogP contribution >= 0.6 is 11.3 Å². The molecule has 4 heteroatoms. The number of fused-ring (bicyclic) bond motifs is 1. The van der Waals surface area contributed by atoms with Crippen LogP contribution in [0.3, 0.4) is 0 Å². The van der Waals surface area contributed by atoms with Crippen LogP contribution in [0.15, 0.2) is 66.7 Å². The van der Waals surface area contributed by atoms with Gasteiger partial charge in [-0.3, -0.25) is 4.79 Å². The van der Waals surface area contributed by atoms with E-state index in [0.717, 1.165) is 40.8 Å². The van der Waals surface area contributed by atoms with Gasteiger partial charge in [0.05, 0.1) is 4.88 Å². The lowest BCUT2D eigenvalue weighted by Crippen LogP contribution is -2.41. The van der Waals surface area contributed by atoms with E-state index in [1.165, 1.54) is 52.6 Å². The van der Waals surface area contributed by atoms with Crippen LogP contribution in [0, 0.1) is 12.7 Å². The fourth-order valence-electron chi connectivity index (χ4n) is 5.39. The highest BCUT2D eigenvalue weighted by atomic mass is 32.1. The zero-order valence-corrected chi connectivity index (χ0v) is 21.3. The molecule has 0 spiro atoms. The number of aryl methyl sites for hydroxylation is 2. The summed E-state index contributed by atoms with van der Waals surface area (Å²) in [6.45, 7) is 4.85. The van der Waals surface area contributed by atoms with Crippen molar-refractivity contribution < 1.29 is 9.18 Å². The molecule has 35 heavy (non-hydrogen) atoms. The molecule has 0 unspecified atom stereocenters. The SMILES string of the molecule is CCc1ccc(-c2ccc(F)cc2)cc1CN(C(=O)c1sc2ccccc2c1C)C1CCCCC1. The maximum absolute atomic E-state index is 14.1. The molecule has 3 aromatic carbocycles. The van der Waals surface area contributed by atoms with Crippen molar-refractivity contribution in [3.8, 4) is 11.1 Å². The van der Waals surface area contributed by atoms with Gasteiger partial charge >= 0.3 is 0 Å². The molecule has 180 valence electrons. The smallest absolute Gasteiger partial charge is 0.264 e. The van der Waals surface area contributed by atoms with Gasteiger partial charge in [-0.1, -0.05) is 68.7 Å². The molecule has 1 amide bonds. The first-order valence-corrected chi connectivity index (χ1v) is 13.5. The molecular formula is C31H32FNOS. The number of halogens is 1. The van der Waals surface area contributed by atoms with E-state index in [0.29, 0.717) is 6.54 Å². The Hall–Kier alpha value is -2.98. The number of hydrogen-bond acceptors (Lipinski definition) is 2. The van der Waals surface area contributed by atoms with Gasteiger partial charge in [-0.25, -0.2) is 4.39 Å². The first-order valence-electron chi connectivity index (χ1n) is 12.7. The minimum absolute atomic E-state index is 0.157. The van der Waals surface area contributed by atoms with Crippen LogP contribution in [0.4, 0.5) is 4.39 Å². The Labute approximate surface area is 211 Å². The quantitative estimate of drug-likeness (QED) is 0.268. The van der Waals surface area contributed by atoms with Crippen molar-refractivity contribution in [2.75, 3.05) is 0 Å². The van der Waals surface area contributed by atoms with E-state index in [9.17, 15) is 9.18 Å². The summed E-state index contributed by atoms with van der Waals surface area (Å²) >= 11 is 1.62. The molecule has 0 N–H and O–H groups in total. The predicted octanol–water partition coefficient (Wildman–Crippen LogP) is 8.55. The molecule has 1 aliphatic carbocycles. The number of nitrogens with zero attached hydrogens (tertiary/aromatic N) is 1. The minimum Gasteiger partial charge on any atom is -0.331 e. The maximum Gasteiger partial charge on any atom is 0.264 e. The predicted molar refractivity (Wildman–Crippen MR) is 145 cm³/mol. The van der Waals surface area contributed by atoms with E-state index in [-0.39, 0.29) is 17.8 Å². The molecule has 0 atom stereocenters. The van der Waals surface area contributed by atoms with Gasteiger partial charge in [0, 0.05) is 17.3 Å². The van der Waals surface area contributed by atoms with Crippen LogP contribution < -0.4 is 0 Å². The number of rotatable bonds is 6. The van der Waals surface area contributed by atoms with Crippen molar-refractivity contribution in [1.29, 1.82) is 0 Å². The lowest BCUT2D eigenvalue weighted by molar-refractivity contribution is 0.0618. The van der Waals surface area contributed by atoms with Gasteiger partial charge in [0.2, 0.25) is 0 Å². The molecule has 0 aliphatic heterocycles. The Morgan fingerprint density at radius 1 is 0.943 bits per heavy atom. The molecule has 1 saturated carbocycles. The Bertz CT molecular complexity index is 1330. The van der Waals surface area contributed by atoms with Crippen molar-refractivity contribution in [3.63, 3.8) is 0 Å². The van der Waals surface area contributed by atoms with Gasteiger partial charge < -0.3 is 4.90 Å². The number of carbonyl (C=O) groups excluding carboxylic acids is 1. The Morgan fingerprint density at radius 3 is 2.37 bits per heavy atom. The third kappa shape index (κ3) is 4.90. The van der Waals surface area contributed by atoms with Crippen molar-refractivity contribution in [2.45, 2.75) is 65.0 Å². The summed E-state index contributed by atoms with van der Waals surface area (Å²) < 4.78 is 14.7. The summed E-state index contributed by atoms with van der Waals surface area (Å²) in [6, 6.07) is 21.7. The number of thiophene rings is 1. The second-order valence-electron chi connectivity index (χ2n) is 9.62. The van der Waals surface area contributed by atoms with Gasteiger partial charge in [0.1, 0.15) is 5.82 Å². The average Bonchev–Trinajstić information content (AvgIpc) is 3.24. The average molecular weight is 486 g/mol. The second kappa shape index (κ2) is 10.3. The molecule has 0 bridgehead atoms. The Kier molecular flexibility index (Phi) is 7.01. The van der Waals surface area contributed by atoms with Gasteiger partial charge in [0.15, 0.2) is 0 Å². The first kappa shape index (κ1) is 23.7. The summed E-state index contributed by atoms with van der Waals surface area (Å²) in [6.07, 6.45) is 6.64. The number of amides is 1. The largest absolute Gasteiger partial charge is 0.331 e. The molecular weight excluding hydrogens is 453 g/mol. The Balaban J connectivity index is 1.53. The fraction of sp³-hybridized carbons (Fsp3) is 0.323. The van der Waals surface area contributed by atoms with Crippen molar-refractivity contribution >= 4 is 27.3 Å². The standard InChI is InChI=1S/C31H32FNOS/c1-3-22-13-14-24(23-15-17-26(32)18-16-23)19-25(22)20-33(27-9-5-4-6-10-27)31(34)30-21(2)28-11-7-8-12-29(28)35-30/h7-8,11-19,27H,3-6,9-10,20H2,1-2H3. The minimum atomic E-state index is -0.230. The van der Waals surface area contributed by atoms with Crippen LogP contribution in [-0.2, 0) is 13.0 Å². The lowest BCUT2D eigenvalue weighted by Gasteiger charge is -2.35. The molecule has 0 saturated heterocycles. The van der Waals surface area contributed by atoms with Gasteiger partial charge in [-0.2, -0.15) is 0 Å². The van der Waals surface area contributed by atoms with Gasteiger partial charge in [-0.15, -0.1) is 11.3 Å². The van der Waals surface area contributed by atoms with E-state index < -0.39 is 0 Å². The van der Waals surface area contributed by atoms with Crippen molar-refractivity contribution in [3.05, 3.63) is 94.1 Å². The number of benzene rings is 3. The van der Waals surface area contributed by atoms with E-state index in [4.69, 9.17) is 0 Å². The highest BCUT2D eigenvalue weighted by molar-refractivity contribution is 7.21.